The van der Waals surface area contributed by atoms with E-state index < -0.39 is 47.9 Å². The topological polar surface area (TPSA) is 187 Å². The van der Waals surface area contributed by atoms with Crippen molar-refractivity contribution >= 4 is 34.6 Å². The molecular formula is C29H37N5O6. The van der Waals surface area contributed by atoms with Crippen molar-refractivity contribution in [2.45, 2.75) is 64.2 Å². The summed E-state index contributed by atoms with van der Waals surface area (Å²) < 4.78 is 0. The van der Waals surface area contributed by atoms with E-state index in [9.17, 15) is 29.4 Å². The van der Waals surface area contributed by atoms with E-state index in [4.69, 9.17) is 5.73 Å². The molecule has 8 N–H and O–H groups in total. The minimum absolute atomic E-state index is 0.0192. The molecule has 0 bridgehead atoms. The van der Waals surface area contributed by atoms with Crippen LogP contribution in [0.5, 0.6) is 5.75 Å². The van der Waals surface area contributed by atoms with E-state index in [0.717, 1.165) is 16.5 Å². The molecule has 4 unspecified atom stereocenters. The number of nitrogens with two attached hydrogens (primary N) is 1. The predicted octanol–water partition coefficient (Wildman–Crippen LogP) is 1.59. The van der Waals surface area contributed by atoms with Gasteiger partial charge in [-0.05, 0) is 48.6 Å². The van der Waals surface area contributed by atoms with Crippen LogP contribution >= 0.6 is 0 Å². The van der Waals surface area contributed by atoms with Crippen molar-refractivity contribution in [1.82, 2.24) is 20.9 Å². The monoisotopic (exact) mass is 551 g/mol. The molecule has 0 spiro atoms. The molecule has 40 heavy (non-hydrogen) atoms. The molecule has 3 aromatic rings. The normalized spacial score (nSPS) is 14.2. The van der Waals surface area contributed by atoms with Gasteiger partial charge in [-0.2, -0.15) is 0 Å². The van der Waals surface area contributed by atoms with E-state index in [1.54, 1.807) is 18.3 Å². The minimum atomic E-state index is -1.27. The van der Waals surface area contributed by atoms with Crippen LogP contribution in [0.1, 0.15) is 38.3 Å². The van der Waals surface area contributed by atoms with Crippen LogP contribution in [0, 0.1) is 5.92 Å². The second-order valence-corrected chi connectivity index (χ2v) is 10.4. The lowest BCUT2D eigenvalue weighted by atomic mass is 10.00. The number of nitrogens with one attached hydrogen (secondary N) is 4. The molecule has 1 heterocycles. The number of aromatic hydroxyl groups is 1. The zero-order valence-corrected chi connectivity index (χ0v) is 22.8. The second kappa shape index (κ2) is 13.6. The van der Waals surface area contributed by atoms with E-state index in [2.05, 4.69) is 20.9 Å². The molecule has 2 aromatic carbocycles. The molecule has 4 atom stereocenters. The Hall–Kier alpha value is -4.38. The number of carbonyl (C=O) groups is 4. The molecular weight excluding hydrogens is 514 g/mol. The Kier molecular flexibility index (Phi) is 10.3. The first-order valence-corrected chi connectivity index (χ1v) is 13.2. The standard InChI is InChI=1S/C29H37N5O6/c1-16(2)12-23(32-26(36)17(3)30)27(37)33-24(13-18-8-10-20(35)11-9-18)28(38)34-25(29(39)40)14-19-15-31-22-7-5-4-6-21(19)22/h4-11,15-17,23-25,31,35H,12-14,30H2,1-3H3,(H,32,36)(H,33,37)(H,34,38)(H,39,40). The number of amides is 3. The van der Waals surface area contributed by atoms with Crippen molar-refractivity contribution in [3.05, 3.63) is 65.9 Å². The Morgan fingerprint density at radius 3 is 2.05 bits per heavy atom. The first-order chi connectivity index (χ1) is 18.9. The van der Waals surface area contributed by atoms with Crippen molar-refractivity contribution in [1.29, 1.82) is 0 Å². The number of phenols is 1. The summed E-state index contributed by atoms with van der Waals surface area (Å²) in [5.41, 5.74) is 7.86. The molecule has 0 aliphatic heterocycles. The fourth-order valence-electron chi connectivity index (χ4n) is 4.35. The summed E-state index contributed by atoms with van der Waals surface area (Å²) in [4.78, 5) is 54.3. The van der Waals surface area contributed by atoms with E-state index in [-0.39, 0.29) is 24.5 Å². The van der Waals surface area contributed by atoms with Crippen LogP contribution in [0.15, 0.2) is 54.7 Å². The van der Waals surface area contributed by atoms with Gasteiger partial charge < -0.3 is 36.9 Å². The third-order valence-electron chi connectivity index (χ3n) is 6.48. The van der Waals surface area contributed by atoms with E-state index in [1.165, 1.54) is 19.1 Å². The summed E-state index contributed by atoms with van der Waals surface area (Å²) >= 11 is 0. The molecule has 0 saturated carbocycles. The summed E-state index contributed by atoms with van der Waals surface area (Å²) in [7, 11) is 0. The fraction of sp³-hybridized carbons (Fsp3) is 0.379. The number of fused-ring (bicyclic) bond motifs is 1. The summed E-state index contributed by atoms with van der Waals surface area (Å²) in [6.45, 7) is 5.28. The molecule has 0 saturated heterocycles. The van der Waals surface area contributed by atoms with Crippen LogP contribution in [0.3, 0.4) is 0 Å². The van der Waals surface area contributed by atoms with Gasteiger partial charge in [0, 0.05) is 29.9 Å². The highest BCUT2D eigenvalue weighted by atomic mass is 16.4. The molecule has 1 aromatic heterocycles. The molecule has 3 amide bonds. The van der Waals surface area contributed by atoms with Gasteiger partial charge in [0.1, 0.15) is 23.9 Å². The van der Waals surface area contributed by atoms with Crippen LogP contribution in [-0.2, 0) is 32.0 Å². The maximum atomic E-state index is 13.5. The quantitative estimate of drug-likeness (QED) is 0.168. The van der Waals surface area contributed by atoms with Gasteiger partial charge in [0.05, 0.1) is 6.04 Å². The lowest BCUT2D eigenvalue weighted by Crippen LogP contribution is -2.57. The Bertz CT molecular complexity index is 1330. The number of aromatic amines is 1. The SMILES string of the molecule is CC(C)CC(NC(=O)C(C)N)C(=O)NC(Cc1ccc(O)cc1)C(=O)NC(Cc1c[nH]c2ccccc12)C(=O)O. The number of H-pyrrole nitrogens is 1. The van der Waals surface area contributed by atoms with Crippen LogP contribution < -0.4 is 21.7 Å². The van der Waals surface area contributed by atoms with Gasteiger partial charge in [0.2, 0.25) is 17.7 Å². The number of rotatable bonds is 13. The highest BCUT2D eigenvalue weighted by Crippen LogP contribution is 2.19. The number of aromatic nitrogens is 1. The number of benzene rings is 2. The third-order valence-corrected chi connectivity index (χ3v) is 6.48. The molecule has 3 rings (SSSR count). The van der Waals surface area contributed by atoms with Gasteiger partial charge in [-0.1, -0.05) is 44.2 Å². The maximum absolute atomic E-state index is 13.5. The van der Waals surface area contributed by atoms with Crippen molar-refractivity contribution < 1.29 is 29.4 Å². The highest BCUT2D eigenvalue weighted by molar-refractivity contribution is 5.94. The maximum Gasteiger partial charge on any atom is 0.326 e. The fourth-order valence-corrected chi connectivity index (χ4v) is 4.35. The average Bonchev–Trinajstić information content (AvgIpc) is 3.31. The third kappa shape index (κ3) is 8.31. The van der Waals surface area contributed by atoms with Crippen LogP contribution in [-0.4, -0.2) is 63.1 Å². The zero-order valence-electron chi connectivity index (χ0n) is 22.8. The Morgan fingerprint density at radius 2 is 1.43 bits per heavy atom. The largest absolute Gasteiger partial charge is 0.508 e. The molecule has 11 heteroatoms. The van der Waals surface area contributed by atoms with Crippen LogP contribution in [0.4, 0.5) is 0 Å². The van der Waals surface area contributed by atoms with Crippen molar-refractivity contribution in [2.24, 2.45) is 11.7 Å². The Labute approximate surface area is 232 Å². The van der Waals surface area contributed by atoms with Crippen molar-refractivity contribution in [3.63, 3.8) is 0 Å². The first-order valence-electron chi connectivity index (χ1n) is 13.2. The molecule has 0 aliphatic rings. The lowest BCUT2D eigenvalue weighted by molar-refractivity contribution is -0.142. The van der Waals surface area contributed by atoms with Gasteiger partial charge >= 0.3 is 5.97 Å². The lowest BCUT2D eigenvalue weighted by Gasteiger charge is -2.26. The molecule has 0 radical (unpaired) electrons. The number of para-hydroxylation sites is 1. The van der Waals surface area contributed by atoms with Crippen molar-refractivity contribution in [3.8, 4) is 5.75 Å². The molecule has 11 nitrogen and oxygen atoms in total. The predicted molar refractivity (Wildman–Crippen MR) is 150 cm³/mol. The smallest absolute Gasteiger partial charge is 0.326 e. The summed E-state index contributed by atoms with van der Waals surface area (Å²) in [6, 6.07) is 9.33. The number of hydrogen-bond acceptors (Lipinski definition) is 6. The van der Waals surface area contributed by atoms with Gasteiger partial charge in [-0.3, -0.25) is 14.4 Å². The van der Waals surface area contributed by atoms with E-state index in [0.29, 0.717) is 12.0 Å². The Morgan fingerprint density at radius 1 is 0.825 bits per heavy atom. The molecule has 0 fully saturated rings. The summed E-state index contributed by atoms with van der Waals surface area (Å²) in [6.07, 6.45) is 2.05. The number of carboxylic acids is 1. The van der Waals surface area contributed by atoms with Crippen molar-refractivity contribution in [2.75, 3.05) is 0 Å². The Balaban J connectivity index is 1.83. The van der Waals surface area contributed by atoms with Crippen LogP contribution in [0.2, 0.25) is 0 Å². The highest BCUT2D eigenvalue weighted by Gasteiger charge is 2.31. The number of carboxylic acid groups (broad SMARTS) is 1. The van der Waals surface area contributed by atoms with Crippen LogP contribution in [0.25, 0.3) is 10.9 Å². The van der Waals surface area contributed by atoms with Gasteiger partial charge in [0.25, 0.3) is 0 Å². The van der Waals surface area contributed by atoms with E-state index in [1.807, 2.05) is 38.1 Å². The molecule has 214 valence electrons. The van der Waals surface area contributed by atoms with E-state index >= 15 is 0 Å². The summed E-state index contributed by atoms with van der Waals surface area (Å²) in [5.74, 6) is -2.95. The van der Waals surface area contributed by atoms with Gasteiger partial charge in [0.15, 0.2) is 0 Å². The van der Waals surface area contributed by atoms with Gasteiger partial charge in [-0.25, -0.2) is 4.79 Å². The zero-order chi connectivity index (χ0) is 29.4. The minimum Gasteiger partial charge on any atom is -0.508 e. The molecule has 0 aliphatic carbocycles. The average molecular weight is 552 g/mol. The number of phenolic OH excluding ortho intramolecular Hbond substituents is 1. The number of aliphatic carboxylic acids is 1. The van der Waals surface area contributed by atoms with Gasteiger partial charge in [-0.15, -0.1) is 0 Å². The number of carbonyl (C=O) groups excluding carboxylic acids is 3. The number of hydrogen-bond donors (Lipinski definition) is 7. The first kappa shape index (κ1) is 30.2. The second-order valence-electron chi connectivity index (χ2n) is 10.4. The summed E-state index contributed by atoms with van der Waals surface area (Å²) in [5, 5.41) is 28.3.